The maximum absolute atomic E-state index is 13.1. The largest absolute Gasteiger partial charge is 0.495 e. The molecule has 2 N–H and O–H groups in total. The number of piperidine rings is 1. The molecule has 1 atom stereocenters. The molecule has 3 heterocycles. The van der Waals surface area contributed by atoms with Gasteiger partial charge in [0.25, 0.3) is 17.7 Å². The molecular weight excluding hydrogens is 739 g/mol. The lowest BCUT2D eigenvalue weighted by atomic mass is 9.89. The molecule has 13 heteroatoms. The van der Waals surface area contributed by atoms with Gasteiger partial charge in [-0.05, 0) is 73.4 Å². The zero-order valence-corrected chi connectivity index (χ0v) is 33.4. The average Bonchev–Trinajstić information content (AvgIpc) is 3.48. The molecule has 13 nitrogen and oxygen atoms in total. The van der Waals surface area contributed by atoms with Gasteiger partial charge < -0.3 is 19.7 Å². The summed E-state index contributed by atoms with van der Waals surface area (Å²) in [5.74, 6) is -0.762. The number of methoxy groups -OCH3 is 1. The van der Waals surface area contributed by atoms with Crippen LogP contribution < -0.4 is 20.1 Å². The second kappa shape index (κ2) is 20.0. The van der Waals surface area contributed by atoms with Crippen LogP contribution in [0, 0.1) is 5.92 Å². The summed E-state index contributed by atoms with van der Waals surface area (Å²) < 4.78 is 11.4. The molecule has 2 aromatic carbocycles. The first-order valence-electron chi connectivity index (χ1n) is 20.4. The summed E-state index contributed by atoms with van der Waals surface area (Å²) in [6.45, 7) is 1.40. The zero-order valence-electron chi connectivity index (χ0n) is 33.4. The fourth-order valence-corrected chi connectivity index (χ4v) is 7.72. The van der Waals surface area contributed by atoms with Crippen molar-refractivity contribution in [2.45, 2.75) is 96.1 Å². The highest BCUT2D eigenvalue weighted by molar-refractivity contribution is 6.23. The third-order valence-electron chi connectivity index (χ3n) is 11.1. The van der Waals surface area contributed by atoms with E-state index in [0.717, 1.165) is 53.7 Å². The summed E-state index contributed by atoms with van der Waals surface area (Å²) in [4.78, 5) is 82.9. The van der Waals surface area contributed by atoms with Crippen LogP contribution in [-0.2, 0) is 27.3 Å². The number of hydrogen-bond acceptors (Lipinski definition) is 9. The Morgan fingerprint density at radius 1 is 0.914 bits per heavy atom. The number of ether oxygens (including phenoxy) is 2. The van der Waals surface area contributed by atoms with Gasteiger partial charge in [0.2, 0.25) is 17.7 Å². The normalized spacial score (nSPS) is 17.0. The van der Waals surface area contributed by atoms with E-state index in [1.165, 1.54) is 38.2 Å². The SMILES string of the molecule is COc1cnc(C(=O)NCc2cccc(CC(=O)N(C)CCCCCCCOc3ccc4c(c3)C(=O)N(C3CCC(=O)NC3=O)C4=O)c2)cc1/C=C/C1CCCCC1. The molecule has 58 heavy (non-hydrogen) atoms. The Morgan fingerprint density at radius 2 is 1.67 bits per heavy atom. The minimum atomic E-state index is -1.01. The van der Waals surface area contributed by atoms with Gasteiger partial charge in [0.05, 0.1) is 37.5 Å². The van der Waals surface area contributed by atoms with Crippen LogP contribution in [0.4, 0.5) is 0 Å². The molecule has 3 aromatic rings. The van der Waals surface area contributed by atoms with Crippen molar-refractivity contribution in [3.63, 3.8) is 0 Å². The molecule has 306 valence electrons. The van der Waals surface area contributed by atoms with Crippen molar-refractivity contribution >= 4 is 41.5 Å². The Morgan fingerprint density at radius 3 is 2.47 bits per heavy atom. The number of hydrogen-bond donors (Lipinski definition) is 2. The van der Waals surface area contributed by atoms with E-state index in [1.54, 1.807) is 36.4 Å². The Labute approximate surface area is 339 Å². The second-order valence-electron chi connectivity index (χ2n) is 15.3. The lowest BCUT2D eigenvalue weighted by molar-refractivity contribution is -0.136. The van der Waals surface area contributed by atoms with Gasteiger partial charge >= 0.3 is 0 Å². The van der Waals surface area contributed by atoms with Gasteiger partial charge in [-0.15, -0.1) is 0 Å². The fourth-order valence-electron chi connectivity index (χ4n) is 7.72. The molecule has 1 saturated heterocycles. The van der Waals surface area contributed by atoms with Crippen molar-refractivity contribution in [2.75, 3.05) is 27.3 Å². The highest BCUT2D eigenvalue weighted by Crippen LogP contribution is 2.31. The minimum absolute atomic E-state index is 0.0283. The summed E-state index contributed by atoms with van der Waals surface area (Å²) >= 11 is 0. The molecule has 3 aliphatic rings. The van der Waals surface area contributed by atoms with Gasteiger partial charge in [0, 0.05) is 32.1 Å². The molecule has 0 bridgehead atoms. The minimum Gasteiger partial charge on any atom is -0.495 e. The second-order valence-corrected chi connectivity index (χ2v) is 15.3. The first kappa shape index (κ1) is 41.8. The van der Waals surface area contributed by atoms with Gasteiger partial charge in [-0.25, -0.2) is 4.98 Å². The molecule has 1 saturated carbocycles. The van der Waals surface area contributed by atoms with Crippen LogP contribution in [0.3, 0.4) is 0 Å². The Hall–Kier alpha value is -5.85. The summed E-state index contributed by atoms with van der Waals surface area (Å²) in [6.07, 6.45) is 17.0. The average molecular weight is 792 g/mol. The summed E-state index contributed by atoms with van der Waals surface area (Å²) in [7, 11) is 3.42. The highest BCUT2D eigenvalue weighted by Gasteiger charge is 2.44. The van der Waals surface area contributed by atoms with E-state index >= 15 is 0 Å². The number of rotatable bonds is 18. The highest BCUT2D eigenvalue weighted by atomic mass is 16.5. The molecule has 6 rings (SSSR count). The number of allylic oxidation sites excluding steroid dienone is 1. The third-order valence-corrected chi connectivity index (χ3v) is 11.1. The van der Waals surface area contributed by atoms with Gasteiger partial charge in [0.1, 0.15) is 23.2 Å². The van der Waals surface area contributed by atoms with Gasteiger partial charge in [-0.3, -0.25) is 39.0 Å². The number of pyridine rings is 1. The van der Waals surface area contributed by atoms with E-state index in [9.17, 15) is 28.8 Å². The summed E-state index contributed by atoms with van der Waals surface area (Å²) in [5, 5.41) is 5.16. The number of likely N-dealkylation sites (N-methyl/N-ethyl adjacent to an activating group) is 1. The van der Waals surface area contributed by atoms with Gasteiger partial charge in [-0.2, -0.15) is 0 Å². The van der Waals surface area contributed by atoms with E-state index in [2.05, 4.69) is 21.7 Å². The standard InChI is InChI=1S/C45H53N5O8/c1-49(22-9-4-3-5-10-23-58-34-18-19-35-36(27-34)45(56)50(44(35)55)38-20-21-40(51)48-43(38)54)41(52)25-31-14-11-15-32(24-31)28-47-42(53)37-26-33(39(57-2)29-46-37)17-16-30-12-7-6-8-13-30/h11,14-19,24,26-27,29-30,38H,3-10,12-13,20-23,25,28H2,1-2H3,(H,47,53)(H,48,51,54)/b17-16+. The number of imide groups is 2. The molecule has 1 aliphatic carbocycles. The molecule has 2 fully saturated rings. The maximum Gasteiger partial charge on any atom is 0.270 e. The van der Waals surface area contributed by atoms with Crippen molar-refractivity contribution in [1.29, 1.82) is 0 Å². The number of carbonyl (C=O) groups is 6. The van der Waals surface area contributed by atoms with Gasteiger partial charge in [-0.1, -0.05) is 74.9 Å². The maximum atomic E-state index is 13.1. The van der Waals surface area contributed by atoms with Crippen molar-refractivity contribution in [1.82, 2.24) is 25.4 Å². The van der Waals surface area contributed by atoms with Crippen molar-refractivity contribution < 1.29 is 38.2 Å². The third kappa shape index (κ3) is 10.8. The van der Waals surface area contributed by atoms with Crippen LogP contribution in [-0.4, -0.2) is 83.6 Å². The number of unbranched alkanes of at least 4 members (excludes halogenated alkanes) is 4. The molecule has 0 radical (unpaired) electrons. The van der Waals surface area contributed by atoms with Crippen molar-refractivity contribution in [3.05, 3.63) is 94.3 Å². The molecular formula is C45H53N5O8. The number of nitrogens with one attached hydrogen (secondary N) is 2. The molecule has 0 spiro atoms. The van der Waals surface area contributed by atoms with Crippen LogP contribution in [0.15, 0.2) is 60.8 Å². The van der Waals surface area contributed by atoms with Crippen LogP contribution in [0.1, 0.15) is 125 Å². The smallest absolute Gasteiger partial charge is 0.270 e. The molecule has 2 aliphatic heterocycles. The zero-order chi connectivity index (χ0) is 41.0. The fraction of sp³-hybridized carbons (Fsp3) is 0.444. The van der Waals surface area contributed by atoms with E-state index in [0.29, 0.717) is 42.8 Å². The number of benzene rings is 2. The quantitative estimate of drug-likeness (QED) is 0.115. The Balaban J connectivity index is 0.867. The molecule has 1 unspecified atom stereocenters. The van der Waals surface area contributed by atoms with E-state index < -0.39 is 29.7 Å². The van der Waals surface area contributed by atoms with Crippen LogP contribution in [0.25, 0.3) is 6.08 Å². The predicted molar refractivity (Wildman–Crippen MR) is 217 cm³/mol. The lowest BCUT2D eigenvalue weighted by Gasteiger charge is -2.27. The van der Waals surface area contributed by atoms with Crippen LogP contribution in [0.5, 0.6) is 11.5 Å². The molecule has 6 amide bonds. The van der Waals surface area contributed by atoms with E-state index in [-0.39, 0.29) is 42.2 Å². The Bertz CT molecular complexity index is 2040. The van der Waals surface area contributed by atoms with Crippen LogP contribution in [0.2, 0.25) is 0 Å². The number of fused-ring (bicyclic) bond motifs is 1. The number of aromatic nitrogens is 1. The monoisotopic (exact) mass is 791 g/mol. The first-order valence-corrected chi connectivity index (χ1v) is 20.4. The van der Waals surface area contributed by atoms with Gasteiger partial charge in [0.15, 0.2) is 0 Å². The van der Waals surface area contributed by atoms with Crippen molar-refractivity contribution in [2.24, 2.45) is 5.92 Å². The summed E-state index contributed by atoms with van der Waals surface area (Å²) in [6, 6.07) is 13.2. The van der Waals surface area contributed by atoms with E-state index in [1.807, 2.05) is 37.4 Å². The number of carbonyl (C=O) groups excluding carboxylic acids is 6. The van der Waals surface area contributed by atoms with E-state index in [4.69, 9.17) is 9.47 Å². The first-order chi connectivity index (χ1) is 28.1. The van der Waals surface area contributed by atoms with Crippen LogP contribution >= 0.6 is 0 Å². The topological polar surface area (TPSA) is 164 Å². The summed E-state index contributed by atoms with van der Waals surface area (Å²) in [5.41, 5.74) is 3.34. The van der Waals surface area contributed by atoms with Crippen molar-refractivity contribution in [3.8, 4) is 11.5 Å². The Kier molecular flexibility index (Phi) is 14.4. The number of nitrogens with zero attached hydrogens (tertiary/aromatic N) is 3. The lowest BCUT2D eigenvalue weighted by Crippen LogP contribution is -2.54. The predicted octanol–water partition coefficient (Wildman–Crippen LogP) is 6.05. The molecule has 1 aromatic heterocycles. The number of amides is 6.